The van der Waals surface area contributed by atoms with Crippen LogP contribution in [0.1, 0.15) is 0 Å². The van der Waals surface area contributed by atoms with Gasteiger partial charge < -0.3 is 0 Å². The second-order valence-electron chi connectivity index (χ2n) is 1.17. The lowest BCUT2D eigenvalue weighted by atomic mass is 10.6. The molecule has 1 radical (unpaired) electrons. The first-order chi connectivity index (χ1) is 3.80. The van der Waals surface area contributed by atoms with Gasteiger partial charge in [-0.2, -0.15) is 0 Å². The van der Waals surface area contributed by atoms with Gasteiger partial charge in [0.05, 0.1) is 4.92 Å². The van der Waals surface area contributed by atoms with Crippen LogP contribution in [-0.2, 0) is 0 Å². The van der Waals surface area contributed by atoms with E-state index in [9.17, 15) is 10.1 Å². The van der Waals surface area contributed by atoms with Crippen LogP contribution in [0.25, 0.3) is 0 Å². The molecule has 0 atom stereocenters. The largest absolute Gasteiger partial charge is 0.288 e. The van der Waals surface area contributed by atoms with Crippen molar-refractivity contribution in [3.05, 3.63) is 26.9 Å². The van der Waals surface area contributed by atoms with Crippen molar-refractivity contribution in [2.45, 2.75) is 0 Å². The summed E-state index contributed by atoms with van der Waals surface area (Å²) in [6.45, 7) is 0. The number of hydrogen-bond acceptors (Lipinski definition) is 3. The van der Waals surface area contributed by atoms with E-state index in [0.717, 1.165) is 0 Å². The molecule has 0 bridgehead atoms. The third kappa shape index (κ3) is 0.840. The van der Waals surface area contributed by atoms with E-state index in [-0.39, 0.29) is 5.69 Å². The Labute approximate surface area is 49.7 Å². The lowest BCUT2D eigenvalue weighted by Crippen LogP contribution is -1.82. The van der Waals surface area contributed by atoms with Crippen molar-refractivity contribution >= 4 is 17.0 Å². The zero-order valence-corrected chi connectivity index (χ0v) is 4.64. The van der Waals surface area contributed by atoms with E-state index < -0.39 is 4.92 Å². The first-order valence-electron chi connectivity index (χ1n) is 1.90. The van der Waals surface area contributed by atoms with Crippen LogP contribution in [0.15, 0.2) is 11.4 Å². The van der Waals surface area contributed by atoms with E-state index >= 15 is 0 Å². The van der Waals surface area contributed by atoms with Crippen molar-refractivity contribution in [3.63, 3.8) is 0 Å². The third-order valence-corrected chi connectivity index (χ3v) is 1.25. The molecular weight excluding hydrogens is 126 g/mol. The van der Waals surface area contributed by atoms with Gasteiger partial charge in [-0.15, -0.1) is 11.3 Å². The summed E-state index contributed by atoms with van der Waals surface area (Å²) in [6, 6.07) is 1.42. The average Bonchev–Trinajstić information content (AvgIpc) is 2.12. The molecule has 0 aliphatic carbocycles. The number of nitrogens with zero attached hydrogens (tertiary/aromatic N) is 1. The molecule has 0 spiro atoms. The second kappa shape index (κ2) is 1.92. The van der Waals surface area contributed by atoms with Crippen LogP contribution >= 0.6 is 11.3 Å². The predicted molar refractivity (Wildman–Crippen MR) is 29.8 cm³/mol. The monoisotopic (exact) mass is 128 g/mol. The minimum atomic E-state index is -0.462. The number of rotatable bonds is 1. The molecule has 0 aliphatic heterocycles. The summed E-state index contributed by atoms with van der Waals surface area (Å²) in [5.41, 5.74) is 0.0509. The number of thiophene rings is 1. The van der Waals surface area contributed by atoms with Gasteiger partial charge in [-0.05, 0) is 5.38 Å². The second-order valence-corrected chi connectivity index (χ2v) is 1.88. The topological polar surface area (TPSA) is 43.1 Å². The van der Waals surface area contributed by atoms with Crippen molar-refractivity contribution in [2.75, 3.05) is 0 Å². The van der Waals surface area contributed by atoms with Crippen LogP contribution in [-0.4, -0.2) is 4.92 Å². The zero-order chi connectivity index (χ0) is 5.98. The zero-order valence-electron chi connectivity index (χ0n) is 3.83. The van der Waals surface area contributed by atoms with E-state index in [1.165, 1.54) is 17.4 Å². The molecule has 0 saturated heterocycles. The maximum Gasteiger partial charge on any atom is 0.288 e. The van der Waals surface area contributed by atoms with Crippen LogP contribution in [0.3, 0.4) is 0 Å². The Balaban J connectivity index is 2.93. The average molecular weight is 128 g/mol. The maximum atomic E-state index is 9.84. The van der Waals surface area contributed by atoms with Crippen molar-refractivity contribution in [2.24, 2.45) is 0 Å². The summed E-state index contributed by atoms with van der Waals surface area (Å²) in [5.74, 6) is 0. The maximum absolute atomic E-state index is 9.84. The summed E-state index contributed by atoms with van der Waals surface area (Å²) in [4.78, 5) is 9.38. The smallest absolute Gasteiger partial charge is 0.258 e. The van der Waals surface area contributed by atoms with Crippen molar-refractivity contribution in [1.82, 2.24) is 0 Å². The first-order valence-corrected chi connectivity index (χ1v) is 2.78. The Morgan fingerprint density at radius 1 is 1.88 bits per heavy atom. The van der Waals surface area contributed by atoms with E-state index in [4.69, 9.17) is 0 Å². The minimum Gasteiger partial charge on any atom is -0.258 e. The van der Waals surface area contributed by atoms with E-state index in [1.54, 1.807) is 5.38 Å². The fraction of sp³-hybridized carbons (Fsp3) is 0. The lowest BCUT2D eigenvalue weighted by molar-refractivity contribution is -0.384. The highest BCUT2D eigenvalue weighted by atomic mass is 32.1. The summed E-state index contributed by atoms with van der Waals surface area (Å²) in [6.07, 6.45) is 0. The van der Waals surface area contributed by atoms with Gasteiger partial charge in [-0.25, -0.2) is 0 Å². The molecule has 0 aromatic carbocycles. The highest BCUT2D eigenvalue weighted by Gasteiger charge is 2.02. The Morgan fingerprint density at radius 3 is 2.88 bits per heavy atom. The van der Waals surface area contributed by atoms with Crippen LogP contribution in [0.5, 0.6) is 0 Å². The molecule has 0 unspecified atom stereocenters. The van der Waals surface area contributed by atoms with Gasteiger partial charge >= 0.3 is 0 Å². The van der Waals surface area contributed by atoms with Crippen molar-refractivity contribution < 1.29 is 4.92 Å². The molecule has 0 aliphatic rings. The van der Waals surface area contributed by atoms with E-state index in [1.807, 2.05) is 0 Å². The van der Waals surface area contributed by atoms with Gasteiger partial charge in [0.1, 0.15) is 5.38 Å². The minimum absolute atomic E-state index is 0.0509. The highest BCUT2D eigenvalue weighted by Crippen LogP contribution is 2.12. The summed E-state index contributed by atoms with van der Waals surface area (Å²) >= 11 is 1.20. The summed E-state index contributed by atoms with van der Waals surface area (Å²) in [5, 5.41) is 13.9. The number of nitro groups is 1. The molecule has 1 aromatic heterocycles. The molecule has 8 heavy (non-hydrogen) atoms. The molecule has 0 amide bonds. The Bertz CT molecular complexity index is 182. The molecule has 1 aromatic rings. The van der Waals surface area contributed by atoms with Gasteiger partial charge in [0, 0.05) is 6.07 Å². The fourth-order valence-electron chi connectivity index (χ4n) is 0.325. The van der Waals surface area contributed by atoms with Crippen LogP contribution in [0.2, 0.25) is 0 Å². The standard InChI is InChI=1S/C4H2NO2S/c6-5(7)4-1-2-8-3-4/h1-2H. The Hall–Kier alpha value is -0.900. The van der Waals surface area contributed by atoms with Gasteiger partial charge in [0.25, 0.3) is 5.69 Å². The molecule has 4 heteroatoms. The molecule has 3 nitrogen and oxygen atoms in total. The van der Waals surface area contributed by atoms with Gasteiger partial charge in [-0.1, -0.05) is 0 Å². The van der Waals surface area contributed by atoms with E-state index in [0.29, 0.717) is 0 Å². The first kappa shape index (κ1) is 5.24. The van der Waals surface area contributed by atoms with Gasteiger partial charge in [-0.3, -0.25) is 10.1 Å². The SMILES string of the molecule is O=[N+]([O-])c1[c]scc1. The normalized spacial score (nSPS) is 9.00. The quantitative estimate of drug-likeness (QED) is 0.424. The molecular formula is C4H2NO2S. The van der Waals surface area contributed by atoms with Crippen molar-refractivity contribution in [1.29, 1.82) is 0 Å². The van der Waals surface area contributed by atoms with E-state index in [2.05, 4.69) is 5.38 Å². The lowest BCUT2D eigenvalue weighted by Gasteiger charge is -1.76. The van der Waals surface area contributed by atoms with Gasteiger partial charge in [0.2, 0.25) is 0 Å². The molecule has 41 valence electrons. The highest BCUT2D eigenvalue weighted by molar-refractivity contribution is 7.07. The molecule has 0 N–H and O–H groups in total. The van der Waals surface area contributed by atoms with Crippen LogP contribution in [0.4, 0.5) is 5.69 Å². The molecule has 1 rings (SSSR count). The van der Waals surface area contributed by atoms with Crippen LogP contribution < -0.4 is 0 Å². The van der Waals surface area contributed by atoms with Crippen molar-refractivity contribution in [3.8, 4) is 0 Å². The van der Waals surface area contributed by atoms with Crippen LogP contribution in [0, 0.1) is 15.5 Å². The molecule has 0 saturated carbocycles. The third-order valence-electron chi connectivity index (χ3n) is 0.654. The summed E-state index contributed by atoms with van der Waals surface area (Å²) < 4.78 is 0. The Kier molecular flexibility index (Phi) is 1.26. The Morgan fingerprint density at radius 2 is 2.62 bits per heavy atom. The van der Waals surface area contributed by atoms with Gasteiger partial charge in [0.15, 0.2) is 0 Å². The number of hydrogen-bond donors (Lipinski definition) is 0. The predicted octanol–water partition coefficient (Wildman–Crippen LogP) is 1.46. The molecule has 1 heterocycles. The molecule has 0 fully saturated rings. The fourth-order valence-corrected chi connectivity index (χ4v) is 0.853. The summed E-state index contributed by atoms with van der Waals surface area (Å²) in [7, 11) is 0.